The van der Waals surface area contributed by atoms with Gasteiger partial charge in [0, 0.05) is 21.5 Å². The molecule has 2 amide bonds. The standard InChI is InChI=1S/C21H27N3O2S/c1-14(2)24(12-20(22)25)13-21(26)23-17-6-9-18(10-7-17)27-19-8-5-15(3)16(4)11-19/h5-11,14H,12-13H2,1-4H3,(H2,22,25)(H,23,26). The molecule has 2 aromatic rings. The highest BCUT2D eigenvalue weighted by atomic mass is 32.2. The first-order valence-corrected chi connectivity index (χ1v) is 9.73. The molecule has 0 heterocycles. The van der Waals surface area contributed by atoms with Crippen molar-refractivity contribution in [3.8, 4) is 0 Å². The third-order valence-corrected chi connectivity index (χ3v) is 5.29. The van der Waals surface area contributed by atoms with Gasteiger partial charge in [0.1, 0.15) is 0 Å². The molecule has 27 heavy (non-hydrogen) atoms. The monoisotopic (exact) mass is 385 g/mol. The maximum Gasteiger partial charge on any atom is 0.238 e. The molecule has 2 rings (SSSR count). The minimum atomic E-state index is -0.441. The van der Waals surface area contributed by atoms with Gasteiger partial charge in [-0.2, -0.15) is 0 Å². The maximum atomic E-state index is 12.2. The van der Waals surface area contributed by atoms with E-state index in [-0.39, 0.29) is 25.0 Å². The van der Waals surface area contributed by atoms with Crippen molar-refractivity contribution in [2.45, 2.75) is 43.5 Å². The number of aryl methyl sites for hydroxylation is 2. The predicted octanol–water partition coefficient (Wildman–Crippen LogP) is 3.59. The molecule has 0 spiro atoms. The second-order valence-electron chi connectivity index (χ2n) is 6.89. The molecule has 0 aromatic heterocycles. The lowest BCUT2D eigenvalue weighted by molar-refractivity contribution is -0.121. The summed E-state index contributed by atoms with van der Waals surface area (Å²) in [4.78, 5) is 27.4. The number of carbonyl (C=O) groups excluding carboxylic acids is 2. The maximum absolute atomic E-state index is 12.2. The number of carbonyl (C=O) groups is 2. The average molecular weight is 386 g/mol. The number of benzene rings is 2. The summed E-state index contributed by atoms with van der Waals surface area (Å²) in [5.41, 5.74) is 8.53. The molecule has 3 N–H and O–H groups in total. The van der Waals surface area contributed by atoms with Crippen LogP contribution in [-0.2, 0) is 9.59 Å². The molecular formula is C21H27N3O2S. The molecule has 0 atom stereocenters. The van der Waals surface area contributed by atoms with Crippen LogP contribution in [0.2, 0.25) is 0 Å². The van der Waals surface area contributed by atoms with Crippen LogP contribution in [0.1, 0.15) is 25.0 Å². The van der Waals surface area contributed by atoms with E-state index in [0.717, 1.165) is 10.6 Å². The molecule has 6 heteroatoms. The highest BCUT2D eigenvalue weighted by molar-refractivity contribution is 7.99. The molecule has 0 aliphatic heterocycles. The van der Waals surface area contributed by atoms with Gasteiger partial charge in [0.05, 0.1) is 13.1 Å². The van der Waals surface area contributed by atoms with Gasteiger partial charge in [-0.15, -0.1) is 0 Å². The quantitative estimate of drug-likeness (QED) is 0.728. The topological polar surface area (TPSA) is 75.4 Å². The normalized spacial score (nSPS) is 11.0. The van der Waals surface area contributed by atoms with Crippen molar-refractivity contribution in [3.05, 3.63) is 53.6 Å². The van der Waals surface area contributed by atoms with E-state index in [0.29, 0.717) is 0 Å². The lowest BCUT2D eigenvalue weighted by atomic mass is 10.1. The van der Waals surface area contributed by atoms with Gasteiger partial charge in [0.2, 0.25) is 11.8 Å². The lowest BCUT2D eigenvalue weighted by Gasteiger charge is -2.24. The van der Waals surface area contributed by atoms with E-state index >= 15 is 0 Å². The van der Waals surface area contributed by atoms with Crippen LogP contribution in [0.3, 0.4) is 0 Å². The summed E-state index contributed by atoms with van der Waals surface area (Å²) in [6, 6.07) is 14.2. The average Bonchev–Trinajstić information content (AvgIpc) is 2.59. The van der Waals surface area contributed by atoms with Gasteiger partial charge in [0.25, 0.3) is 0 Å². The van der Waals surface area contributed by atoms with Crippen LogP contribution in [0.15, 0.2) is 52.3 Å². The number of hydrogen-bond donors (Lipinski definition) is 2. The number of rotatable bonds is 8. The number of nitrogens with one attached hydrogen (secondary N) is 1. The Balaban J connectivity index is 1.95. The Labute approximate surface area is 165 Å². The smallest absolute Gasteiger partial charge is 0.238 e. The Morgan fingerprint density at radius 3 is 2.19 bits per heavy atom. The van der Waals surface area contributed by atoms with Gasteiger partial charge in [-0.25, -0.2) is 0 Å². The largest absolute Gasteiger partial charge is 0.369 e. The minimum absolute atomic E-state index is 0.0555. The first-order valence-electron chi connectivity index (χ1n) is 8.92. The van der Waals surface area contributed by atoms with Crippen LogP contribution in [0.4, 0.5) is 5.69 Å². The first kappa shape index (κ1) is 21.0. The van der Waals surface area contributed by atoms with Crippen molar-refractivity contribution in [2.75, 3.05) is 18.4 Å². The molecule has 0 unspecified atom stereocenters. The molecule has 0 bridgehead atoms. The number of nitrogens with zero attached hydrogens (tertiary/aromatic N) is 1. The van der Waals surface area contributed by atoms with Gasteiger partial charge in [0.15, 0.2) is 0 Å². The Bertz CT molecular complexity index is 804. The second-order valence-corrected chi connectivity index (χ2v) is 8.03. The fourth-order valence-corrected chi connectivity index (χ4v) is 3.44. The summed E-state index contributed by atoms with van der Waals surface area (Å²) in [6.45, 7) is 8.25. The Hall–Kier alpha value is -2.31. The van der Waals surface area contributed by atoms with Crippen molar-refractivity contribution in [1.82, 2.24) is 4.90 Å². The minimum Gasteiger partial charge on any atom is -0.369 e. The zero-order valence-electron chi connectivity index (χ0n) is 16.3. The molecule has 2 aromatic carbocycles. The molecule has 5 nitrogen and oxygen atoms in total. The van der Waals surface area contributed by atoms with Crippen LogP contribution in [0.5, 0.6) is 0 Å². The third kappa shape index (κ3) is 6.73. The van der Waals surface area contributed by atoms with Crippen LogP contribution in [0.25, 0.3) is 0 Å². The molecule has 0 aliphatic rings. The second kappa shape index (κ2) is 9.58. The van der Waals surface area contributed by atoms with Crippen molar-refractivity contribution < 1.29 is 9.59 Å². The van der Waals surface area contributed by atoms with Gasteiger partial charge in [-0.1, -0.05) is 17.8 Å². The van der Waals surface area contributed by atoms with Gasteiger partial charge < -0.3 is 11.1 Å². The highest BCUT2D eigenvalue weighted by Gasteiger charge is 2.16. The highest BCUT2D eigenvalue weighted by Crippen LogP contribution is 2.29. The van der Waals surface area contributed by atoms with Crippen molar-refractivity contribution in [2.24, 2.45) is 5.73 Å². The predicted molar refractivity (Wildman–Crippen MR) is 111 cm³/mol. The van der Waals surface area contributed by atoms with Crippen LogP contribution in [-0.4, -0.2) is 35.8 Å². The van der Waals surface area contributed by atoms with E-state index in [2.05, 4.69) is 37.4 Å². The fraction of sp³-hybridized carbons (Fsp3) is 0.333. The number of anilines is 1. The number of nitrogens with two attached hydrogens (primary N) is 1. The van der Waals surface area contributed by atoms with Gasteiger partial charge >= 0.3 is 0 Å². The summed E-state index contributed by atoms with van der Waals surface area (Å²) in [6.07, 6.45) is 0. The summed E-state index contributed by atoms with van der Waals surface area (Å²) in [7, 11) is 0. The third-order valence-electron chi connectivity index (χ3n) is 4.29. The van der Waals surface area contributed by atoms with Gasteiger partial charge in [-0.05, 0) is 75.2 Å². The molecule has 144 valence electrons. The molecule has 0 radical (unpaired) electrons. The summed E-state index contributed by atoms with van der Waals surface area (Å²) in [5.74, 6) is -0.608. The number of amides is 2. The SMILES string of the molecule is Cc1ccc(Sc2ccc(NC(=O)CN(CC(N)=O)C(C)C)cc2)cc1C. The Morgan fingerprint density at radius 2 is 1.63 bits per heavy atom. The lowest BCUT2D eigenvalue weighted by Crippen LogP contribution is -2.43. The van der Waals surface area contributed by atoms with E-state index in [4.69, 9.17) is 5.73 Å². The molecular weight excluding hydrogens is 358 g/mol. The summed E-state index contributed by atoms with van der Waals surface area (Å²) < 4.78 is 0. The van der Waals surface area contributed by atoms with Crippen LogP contribution < -0.4 is 11.1 Å². The van der Waals surface area contributed by atoms with Crippen LogP contribution in [0, 0.1) is 13.8 Å². The number of primary amides is 1. The van der Waals surface area contributed by atoms with E-state index in [9.17, 15) is 9.59 Å². The number of hydrogen-bond acceptors (Lipinski definition) is 4. The Morgan fingerprint density at radius 1 is 1.00 bits per heavy atom. The van der Waals surface area contributed by atoms with Crippen molar-refractivity contribution in [1.29, 1.82) is 0 Å². The van der Waals surface area contributed by atoms with E-state index in [1.807, 2.05) is 38.1 Å². The summed E-state index contributed by atoms with van der Waals surface area (Å²) in [5, 5.41) is 2.87. The van der Waals surface area contributed by atoms with Gasteiger partial charge in [-0.3, -0.25) is 14.5 Å². The van der Waals surface area contributed by atoms with E-state index in [1.54, 1.807) is 16.7 Å². The molecule has 0 aliphatic carbocycles. The fourth-order valence-electron chi connectivity index (χ4n) is 2.53. The van der Waals surface area contributed by atoms with Crippen molar-refractivity contribution >= 4 is 29.3 Å². The summed E-state index contributed by atoms with van der Waals surface area (Å²) >= 11 is 1.69. The molecule has 0 saturated heterocycles. The first-order chi connectivity index (χ1) is 12.7. The Kier molecular flexibility index (Phi) is 7.45. The zero-order valence-corrected chi connectivity index (χ0v) is 17.1. The van der Waals surface area contributed by atoms with E-state index < -0.39 is 5.91 Å². The van der Waals surface area contributed by atoms with E-state index in [1.165, 1.54) is 16.0 Å². The molecule has 0 saturated carbocycles. The molecule has 0 fully saturated rings. The van der Waals surface area contributed by atoms with Crippen LogP contribution >= 0.6 is 11.8 Å². The van der Waals surface area contributed by atoms with Crippen molar-refractivity contribution in [3.63, 3.8) is 0 Å². The zero-order chi connectivity index (χ0) is 20.0.